The Hall–Kier alpha value is -4.27. The van der Waals surface area contributed by atoms with Crippen LogP contribution >= 0.6 is 0 Å². The molecule has 3 aliphatic heterocycles. The first-order valence-corrected chi connectivity index (χ1v) is 21.9. The van der Waals surface area contributed by atoms with Crippen molar-refractivity contribution in [1.29, 1.82) is 0 Å². The average molecular weight is 798 g/mol. The molecule has 1 aliphatic carbocycles. The number of sulfonamides is 1. The summed E-state index contributed by atoms with van der Waals surface area (Å²) in [5, 5.41) is 2.82. The predicted molar refractivity (Wildman–Crippen MR) is 211 cm³/mol. The average Bonchev–Trinajstić information content (AvgIpc) is 3.67. The van der Waals surface area contributed by atoms with Crippen LogP contribution in [-0.4, -0.2) is 96.0 Å². The van der Waals surface area contributed by atoms with E-state index in [1.54, 1.807) is 25.7 Å². The van der Waals surface area contributed by atoms with Crippen molar-refractivity contribution < 1.29 is 41.9 Å². The van der Waals surface area contributed by atoms with Crippen molar-refractivity contribution >= 4 is 45.6 Å². The first-order valence-electron chi connectivity index (χ1n) is 20.2. The number of fused-ring (bicyclic) bond motifs is 3. The molecule has 0 spiro atoms. The third kappa shape index (κ3) is 11.0. The second-order valence-corrected chi connectivity index (χ2v) is 18.4. The highest BCUT2D eigenvalue weighted by Crippen LogP contribution is 2.46. The van der Waals surface area contributed by atoms with Crippen LogP contribution in [0.15, 0.2) is 41.4 Å². The van der Waals surface area contributed by atoms with E-state index >= 15 is 0 Å². The predicted octanol–water partition coefficient (Wildman–Crippen LogP) is 5.90. The minimum Gasteiger partial charge on any atom is -0.444 e. The monoisotopic (exact) mass is 797 g/mol. The number of aliphatic imine (C=N–C) groups is 1. The van der Waals surface area contributed by atoms with Crippen molar-refractivity contribution in [3.63, 3.8) is 0 Å². The normalized spacial score (nSPS) is 27.1. The molecule has 2 N–H and O–H groups in total. The van der Waals surface area contributed by atoms with Gasteiger partial charge in [-0.15, -0.1) is 0 Å². The van der Waals surface area contributed by atoms with Crippen LogP contribution in [0.3, 0.4) is 0 Å². The van der Waals surface area contributed by atoms with Crippen LogP contribution in [0.2, 0.25) is 0 Å². The van der Waals surface area contributed by atoms with Crippen LogP contribution < -0.4 is 10.0 Å². The Morgan fingerprint density at radius 2 is 1.79 bits per heavy atom. The van der Waals surface area contributed by atoms with E-state index in [2.05, 4.69) is 28.0 Å². The minimum absolute atomic E-state index is 0.0836. The molecule has 3 heterocycles. The summed E-state index contributed by atoms with van der Waals surface area (Å²) in [6.45, 7) is 9.71. The van der Waals surface area contributed by atoms with Gasteiger partial charge >= 0.3 is 12.2 Å². The van der Waals surface area contributed by atoms with E-state index in [-0.39, 0.29) is 43.2 Å². The molecule has 5 atom stereocenters. The lowest BCUT2D eigenvalue weighted by Crippen LogP contribution is -2.57. The number of unbranched alkanes of at least 4 members (excludes halogenated alkanes) is 2. The van der Waals surface area contributed by atoms with Crippen LogP contribution in [0, 0.1) is 5.92 Å². The van der Waals surface area contributed by atoms with Gasteiger partial charge in [-0.05, 0) is 76.8 Å². The van der Waals surface area contributed by atoms with Crippen molar-refractivity contribution in [3.05, 3.63) is 47.5 Å². The summed E-state index contributed by atoms with van der Waals surface area (Å²) in [5.74, 6) is -2.79. The summed E-state index contributed by atoms with van der Waals surface area (Å²) in [5.41, 5.74) is -0.240. The number of benzene rings is 1. The zero-order valence-corrected chi connectivity index (χ0v) is 34.3. The number of carbonyl (C=O) groups excluding carboxylic acids is 5. The molecule has 56 heavy (non-hydrogen) atoms. The van der Waals surface area contributed by atoms with E-state index in [0.29, 0.717) is 45.2 Å². The Labute approximate surface area is 331 Å². The fourth-order valence-corrected chi connectivity index (χ4v) is 9.02. The molecule has 308 valence electrons. The first kappa shape index (κ1) is 42.9. The SMILES string of the molecule is CCCCC1CN(C(=O)O[C@@H]2C[C@H]3C(=O)N[C@]4(C(=O)NS(=O)(=O)CCCC)C[C@H]4/C=C\CCCCCC(=NC(=O)OC(C)(C)C)C(=O)N3C2)Cc2ccccc21. The zero-order chi connectivity index (χ0) is 40.7. The number of nitrogens with one attached hydrogen (secondary N) is 2. The summed E-state index contributed by atoms with van der Waals surface area (Å²) >= 11 is 0. The Bertz CT molecular complexity index is 1810. The number of carbonyl (C=O) groups is 5. The van der Waals surface area contributed by atoms with Crippen LogP contribution in [-0.2, 0) is 40.4 Å². The molecule has 1 aromatic carbocycles. The Balaban J connectivity index is 1.43. The standard InChI is InChI=1S/C41H59N5O9S/c1-6-8-17-28-25-45(26-29-18-15-16-20-32(28)29)39(51)54-31-23-34-35(47)43-41(37(49)44-56(52,53)22-9-7-2)24-30(41)19-13-11-10-12-14-21-33(36(48)46(34)27-31)42-38(50)55-40(3,4)5/h13,15-16,18-20,28,30-31,34H,6-12,14,17,21-27H2,1-5H3,(H,43,47)(H,44,49)/b19-13-,42-33?/t28?,30-,31-,34+,41-/m1/s1. The molecule has 5 rings (SSSR count). The fraction of sp³-hybridized carbons (Fsp3) is 0.659. The van der Waals surface area contributed by atoms with E-state index in [1.807, 2.05) is 37.3 Å². The smallest absolute Gasteiger partial charge is 0.434 e. The summed E-state index contributed by atoms with van der Waals surface area (Å²) in [6.07, 6.45) is 8.15. The molecular formula is C41H59N5O9S. The van der Waals surface area contributed by atoms with Gasteiger partial charge in [0.25, 0.3) is 11.8 Å². The molecule has 1 unspecified atom stereocenters. The molecule has 4 aliphatic rings. The van der Waals surface area contributed by atoms with Crippen LogP contribution in [0.1, 0.15) is 129 Å². The fourth-order valence-electron chi connectivity index (χ4n) is 7.79. The van der Waals surface area contributed by atoms with E-state index in [9.17, 15) is 32.4 Å². The maximum Gasteiger partial charge on any atom is 0.434 e. The van der Waals surface area contributed by atoms with Crippen molar-refractivity contribution in [2.45, 2.75) is 147 Å². The molecule has 2 fully saturated rings. The topological polar surface area (TPSA) is 181 Å². The van der Waals surface area contributed by atoms with Crippen LogP contribution in [0.25, 0.3) is 0 Å². The molecular weight excluding hydrogens is 739 g/mol. The second kappa shape index (κ2) is 18.3. The highest BCUT2D eigenvalue weighted by molar-refractivity contribution is 7.90. The number of allylic oxidation sites excluding steroid dienone is 1. The van der Waals surface area contributed by atoms with Crippen LogP contribution in [0.4, 0.5) is 9.59 Å². The van der Waals surface area contributed by atoms with E-state index in [1.165, 1.54) is 10.5 Å². The number of amides is 5. The largest absolute Gasteiger partial charge is 0.444 e. The van der Waals surface area contributed by atoms with Gasteiger partial charge in [0.2, 0.25) is 15.9 Å². The van der Waals surface area contributed by atoms with E-state index in [0.717, 1.165) is 31.2 Å². The maximum atomic E-state index is 14.4. The molecule has 0 bridgehead atoms. The van der Waals surface area contributed by atoms with Crippen LogP contribution in [0.5, 0.6) is 0 Å². The zero-order valence-electron chi connectivity index (χ0n) is 33.5. The molecule has 0 radical (unpaired) electrons. The van der Waals surface area contributed by atoms with Gasteiger partial charge in [0.15, 0.2) is 0 Å². The second-order valence-electron chi connectivity index (χ2n) is 16.6. The van der Waals surface area contributed by atoms with Gasteiger partial charge in [-0.25, -0.2) is 18.0 Å². The highest BCUT2D eigenvalue weighted by atomic mass is 32.2. The van der Waals surface area contributed by atoms with Crippen molar-refractivity contribution in [2.24, 2.45) is 10.9 Å². The molecule has 15 heteroatoms. The molecule has 5 amide bonds. The number of nitrogens with zero attached hydrogens (tertiary/aromatic N) is 3. The number of ether oxygens (including phenoxy) is 2. The Kier molecular flexibility index (Phi) is 14.0. The molecule has 1 saturated heterocycles. The molecule has 14 nitrogen and oxygen atoms in total. The Morgan fingerprint density at radius 3 is 2.52 bits per heavy atom. The van der Waals surface area contributed by atoms with E-state index < -0.39 is 69.1 Å². The lowest BCUT2D eigenvalue weighted by Gasteiger charge is -2.34. The summed E-state index contributed by atoms with van der Waals surface area (Å²) in [6, 6.07) is 6.85. The summed E-state index contributed by atoms with van der Waals surface area (Å²) in [4.78, 5) is 76.3. The van der Waals surface area contributed by atoms with Gasteiger partial charge in [-0.2, -0.15) is 4.99 Å². The van der Waals surface area contributed by atoms with Gasteiger partial charge in [-0.3, -0.25) is 19.1 Å². The quantitative estimate of drug-likeness (QED) is 0.288. The molecule has 0 aromatic heterocycles. The number of rotatable bonds is 9. The van der Waals surface area contributed by atoms with Gasteiger partial charge in [0, 0.05) is 31.3 Å². The van der Waals surface area contributed by atoms with E-state index in [4.69, 9.17) is 9.47 Å². The van der Waals surface area contributed by atoms with Crippen molar-refractivity contribution in [3.8, 4) is 0 Å². The molecule has 1 aromatic rings. The summed E-state index contributed by atoms with van der Waals surface area (Å²) in [7, 11) is -3.97. The first-order chi connectivity index (χ1) is 26.6. The number of hydrogen-bond donors (Lipinski definition) is 2. The third-order valence-electron chi connectivity index (χ3n) is 10.9. The van der Waals surface area contributed by atoms with Gasteiger partial charge < -0.3 is 24.6 Å². The Morgan fingerprint density at radius 1 is 1.04 bits per heavy atom. The van der Waals surface area contributed by atoms with Gasteiger partial charge in [0.05, 0.1) is 12.3 Å². The summed E-state index contributed by atoms with van der Waals surface area (Å²) < 4.78 is 39.3. The van der Waals surface area contributed by atoms with Crippen molar-refractivity contribution in [2.75, 3.05) is 18.8 Å². The lowest BCUT2D eigenvalue weighted by molar-refractivity contribution is -0.136. The highest BCUT2D eigenvalue weighted by Gasteiger charge is 2.61. The minimum atomic E-state index is -3.97. The lowest BCUT2D eigenvalue weighted by atomic mass is 9.86. The van der Waals surface area contributed by atoms with Gasteiger partial charge in [0.1, 0.15) is 29.0 Å². The van der Waals surface area contributed by atoms with Crippen molar-refractivity contribution in [1.82, 2.24) is 19.8 Å². The maximum absolute atomic E-state index is 14.4. The van der Waals surface area contributed by atoms with Gasteiger partial charge in [-0.1, -0.05) is 75.9 Å². The number of hydrogen-bond acceptors (Lipinski definition) is 9. The molecule has 1 saturated carbocycles. The third-order valence-corrected chi connectivity index (χ3v) is 12.2.